The Morgan fingerprint density at radius 2 is 2.24 bits per heavy atom. The third kappa shape index (κ3) is 4.14. The number of aromatic nitrogens is 3. The summed E-state index contributed by atoms with van der Waals surface area (Å²) in [5, 5.41) is 7.55. The lowest BCUT2D eigenvalue weighted by molar-refractivity contribution is -0.140. The number of nitrogens with zero attached hydrogens (tertiary/aromatic N) is 4. The number of hydrogen-bond donors (Lipinski definition) is 1. The van der Waals surface area contributed by atoms with Gasteiger partial charge in [0.25, 0.3) is 0 Å². The highest BCUT2D eigenvalue weighted by atomic mass is 32.2. The second kappa shape index (κ2) is 8.18. The third-order valence-corrected chi connectivity index (χ3v) is 5.69. The van der Waals surface area contributed by atoms with Crippen LogP contribution < -0.4 is 0 Å². The lowest BCUT2D eigenvalue weighted by atomic mass is 9.94. The molecule has 3 saturated heterocycles. The van der Waals surface area contributed by atoms with Crippen LogP contribution in [-0.4, -0.2) is 81.9 Å². The maximum absolute atomic E-state index is 12.6. The summed E-state index contributed by atoms with van der Waals surface area (Å²) >= 11 is 1.34. The van der Waals surface area contributed by atoms with E-state index in [4.69, 9.17) is 4.74 Å². The van der Waals surface area contributed by atoms with Gasteiger partial charge in [-0.15, -0.1) is 5.10 Å². The number of rotatable bonds is 7. The van der Waals surface area contributed by atoms with Gasteiger partial charge >= 0.3 is 0 Å². The summed E-state index contributed by atoms with van der Waals surface area (Å²) in [5.41, 5.74) is 0. The molecule has 3 fully saturated rings. The molecule has 0 aliphatic carbocycles. The van der Waals surface area contributed by atoms with E-state index in [1.807, 2.05) is 16.7 Å². The average Bonchev–Trinajstić information content (AvgIpc) is 2.91. The molecule has 0 saturated carbocycles. The zero-order chi connectivity index (χ0) is 17.8. The van der Waals surface area contributed by atoms with E-state index in [0.29, 0.717) is 37.2 Å². The molecule has 3 aliphatic rings. The van der Waals surface area contributed by atoms with Crippen molar-refractivity contribution in [1.82, 2.24) is 25.0 Å². The van der Waals surface area contributed by atoms with E-state index in [-0.39, 0.29) is 23.8 Å². The van der Waals surface area contributed by atoms with Crippen LogP contribution in [0.25, 0.3) is 0 Å². The van der Waals surface area contributed by atoms with Gasteiger partial charge in [0.05, 0.1) is 18.3 Å². The van der Waals surface area contributed by atoms with Gasteiger partial charge in [0.1, 0.15) is 5.82 Å². The van der Waals surface area contributed by atoms with Gasteiger partial charge in [0.15, 0.2) is 0 Å². The van der Waals surface area contributed by atoms with Gasteiger partial charge in [0, 0.05) is 39.2 Å². The maximum Gasteiger partial charge on any atom is 0.233 e. The highest BCUT2D eigenvalue weighted by molar-refractivity contribution is 7.99. The van der Waals surface area contributed by atoms with Gasteiger partial charge in [-0.1, -0.05) is 18.7 Å². The molecule has 1 aromatic rings. The normalized spacial score (nSPS) is 23.2. The summed E-state index contributed by atoms with van der Waals surface area (Å²) in [4.78, 5) is 33.3. The van der Waals surface area contributed by atoms with Gasteiger partial charge in [0.2, 0.25) is 17.0 Å². The van der Waals surface area contributed by atoms with Crippen molar-refractivity contribution in [2.75, 3.05) is 39.1 Å². The Labute approximate surface area is 151 Å². The number of carbonyl (C=O) groups excluding carboxylic acids is 2. The van der Waals surface area contributed by atoms with E-state index in [1.165, 1.54) is 11.8 Å². The molecule has 2 amide bonds. The largest absolute Gasteiger partial charge is 0.383 e. The number of aryl methyl sites for hydroxylation is 1. The van der Waals surface area contributed by atoms with Crippen LogP contribution >= 0.6 is 11.8 Å². The lowest BCUT2D eigenvalue weighted by Crippen LogP contribution is -2.49. The molecule has 138 valence electrons. The third-order valence-electron chi connectivity index (χ3n) is 4.85. The summed E-state index contributed by atoms with van der Waals surface area (Å²) in [6, 6.07) is 0.102. The van der Waals surface area contributed by atoms with Crippen LogP contribution in [0.15, 0.2) is 5.16 Å². The molecule has 8 nitrogen and oxygen atoms in total. The molecule has 1 N–H and O–H groups in total. The van der Waals surface area contributed by atoms with Crippen molar-refractivity contribution in [1.29, 1.82) is 0 Å². The number of H-pyrrole nitrogens is 1. The minimum atomic E-state index is -0.0836. The summed E-state index contributed by atoms with van der Waals surface area (Å²) in [6.07, 6.45) is 2.61. The maximum atomic E-state index is 12.6. The number of methoxy groups -OCH3 is 1. The first-order valence-electron chi connectivity index (χ1n) is 8.73. The monoisotopic (exact) mass is 367 g/mol. The molecule has 0 aromatic carbocycles. The highest BCUT2D eigenvalue weighted by Crippen LogP contribution is 2.29. The number of aromatic amines is 1. The Hall–Kier alpha value is -1.61. The molecule has 4 heterocycles. The zero-order valence-corrected chi connectivity index (χ0v) is 15.5. The quantitative estimate of drug-likeness (QED) is 0.708. The van der Waals surface area contributed by atoms with E-state index >= 15 is 0 Å². The first-order chi connectivity index (χ1) is 12.1. The van der Waals surface area contributed by atoms with E-state index in [1.54, 1.807) is 7.11 Å². The summed E-state index contributed by atoms with van der Waals surface area (Å²) in [6.45, 7) is 4.26. The van der Waals surface area contributed by atoms with Crippen LogP contribution in [0.1, 0.15) is 25.6 Å². The summed E-state index contributed by atoms with van der Waals surface area (Å²) in [5.74, 6) is 1.25. The molecular weight excluding hydrogens is 342 g/mol. The first kappa shape index (κ1) is 18.2. The van der Waals surface area contributed by atoms with Gasteiger partial charge in [-0.3, -0.25) is 14.7 Å². The standard InChI is InChI=1S/C16H25N5O3S/c1-3-13-17-16(19-18-13)25-10-14(22)20-8-11-4-5-12(9-20)21(15(11)23)6-7-24-2/h11-12H,3-10H2,1-2H3,(H,17,18,19)/t11-,12+/m1/s1. The van der Waals surface area contributed by atoms with Crippen LogP contribution in [0.4, 0.5) is 0 Å². The molecule has 0 spiro atoms. The van der Waals surface area contributed by atoms with Crippen LogP contribution in [0.5, 0.6) is 0 Å². The summed E-state index contributed by atoms with van der Waals surface area (Å²) < 4.78 is 5.12. The van der Waals surface area contributed by atoms with E-state index in [0.717, 1.165) is 25.1 Å². The number of nitrogens with one attached hydrogen (secondary N) is 1. The fraction of sp³-hybridized carbons (Fsp3) is 0.750. The molecule has 0 unspecified atom stereocenters. The molecule has 4 rings (SSSR count). The van der Waals surface area contributed by atoms with E-state index < -0.39 is 0 Å². The number of amides is 2. The summed E-state index contributed by atoms with van der Waals surface area (Å²) in [7, 11) is 1.64. The van der Waals surface area contributed by atoms with Crippen LogP contribution in [0.2, 0.25) is 0 Å². The Kier molecular flexibility index (Phi) is 5.95. The fourth-order valence-electron chi connectivity index (χ4n) is 3.45. The predicted octanol–water partition coefficient (Wildman–Crippen LogP) is 0.555. The second-order valence-corrected chi connectivity index (χ2v) is 7.40. The smallest absolute Gasteiger partial charge is 0.233 e. The Morgan fingerprint density at radius 3 is 2.96 bits per heavy atom. The fourth-order valence-corrected chi connectivity index (χ4v) is 4.17. The number of carbonyl (C=O) groups is 2. The van der Waals surface area contributed by atoms with Gasteiger partial charge in [-0.05, 0) is 12.8 Å². The van der Waals surface area contributed by atoms with Crippen molar-refractivity contribution in [2.24, 2.45) is 5.92 Å². The molecule has 3 aliphatic heterocycles. The Morgan fingerprint density at radius 1 is 1.40 bits per heavy atom. The lowest BCUT2D eigenvalue weighted by Gasteiger charge is -2.35. The first-order valence-corrected chi connectivity index (χ1v) is 9.72. The van der Waals surface area contributed by atoms with Crippen molar-refractivity contribution in [3.8, 4) is 0 Å². The second-order valence-electron chi connectivity index (χ2n) is 6.46. The molecule has 2 atom stereocenters. The molecule has 25 heavy (non-hydrogen) atoms. The molecular formula is C16H25N5O3S. The Balaban J connectivity index is 1.59. The number of thioether (sulfide) groups is 1. The number of ether oxygens (including phenoxy) is 1. The molecule has 9 heteroatoms. The van der Waals surface area contributed by atoms with Crippen molar-refractivity contribution < 1.29 is 14.3 Å². The molecule has 0 radical (unpaired) electrons. The molecule has 2 bridgehead atoms. The van der Waals surface area contributed by atoms with Crippen molar-refractivity contribution in [3.05, 3.63) is 5.82 Å². The SMILES string of the molecule is CCc1nc(SCC(=O)N2C[C@H]3CC[C@@H](C2)N(CCOC)C3=O)n[nH]1. The van der Waals surface area contributed by atoms with Crippen molar-refractivity contribution in [2.45, 2.75) is 37.4 Å². The van der Waals surface area contributed by atoms with E-state index in [9.17, 15) is 9.59 Å². The minimum absolute atomic E-state index is 0.0474. The predicted molar refractivity (Wildman–Crippen MR) is 93.2 cm³/mol. The van der Waals surface area contributed by atoms with E-state index in [2.05, 4.69) is 15.2 Å². The topological polar surface area (TPSA) is 91.4 Å². The van der Waals surface area contributed by atoms with Gasteiger partial charge < -0.3 is 14.5 Å². The number of hydrogen-bond acceptors (Lipinski definition) is 6. The Bertz CT molecular complexity index is 623. The average molecular weight is 367 g/mol. The van der Waals surface area contributed by atoms with Crippen LogP contribution in [0, 0.1) is 5.92 Å². The minimum Gasteiger partial charge on any atom is -0.383 e. The number of fused-ring (bicyclic) bond motifs is 4. The van der Waals surface area contributed by atoms with Gasteiger partial charge in [-0.25, -0.2) is 4.98 Å². The van der Waals surface area contributed by atoms with Crippen LogP contribution in [-0.2, 0) is 20.7 Å². The van der Waals surface area contributed by atoms with Gasteiger partial charge in [-0.2, -0.15) is 0 Å². The zero-order valence-electron chi connectivity index (χ0n) is 14.7. The molecule has 1 aromatic heterocycles. The van der Waals surface area contributed by atoms with Crippen molar-refractivity contribution >= 4 is 23.6 Å². The van der Waals surface area contributed by atoms with Crippen molar-refractivity contribution in [3.63, 3.8) is 0 Å². The van der Waals surface area contributed by atoms with Crippen LogP contribution in [0.3, 0.4) is 0 Å². The highest BCUT2D eigenvalue weighted by Gasteiger charge is 2.41. The number of piperidine rings is 1.